The molecule has 1 aromatic carbocycles. The monoisotopic (exact) mass is 254 g/mol. The lowest BCUT2D eigenvalue weighted by Gasteiger charge is -2.16. The van der Waals surface area contributed by atoms with E-state index in [4.69, 9.17) is 5.84 Å². The molecule has 0 aliphatic rings. The highest BCUT2D eigenvalue weighted by Gasteiger charge is 2.20. The number of halogens is 2. The van der Waals surface area contributed by atoms with Crippen LogP contribution in [0.25, 0.3) is 0 Å². The molecule has 0 saturated heterocycles. The summed E-state index contributed by atoms with van der Waals surface area (Å²) in [5.74, 6) is 4.51. The van der Waals surface area contributed by atoms with E-state index in [2.05, 4.69) is 5.43 Å². The molecule has 1 unspecified atom stereocenters. The smallest absolute Gasteiger partial charge is 0.128 e. The second kappa shape index (κ2) is 4.91. The number of aryl methyl sites for hydroxylation is 1. The molecule has 1 heterocycles. The van der Waals surface area contributed by atoms with Crippen molar-refractivity contribution in [1.82, 2.24) is 5.43 Å². The lowest BCUT2D eigenvalue weighted by molar-refractivity contribution is 0.548. The zero-order valence-corrected chi connectivity index (χ0v) is 10.0. The Labute approximate surface area is 102 Å². The molecular formula is C12H12F2N2S. The molecule has 2 rings (SSSR count). The van der Waals surface area contributed by atoms with Crippen LogP contribution in [0.1, 0.15) is 22.0 Å². The number of thiophene rings is 1. The number of benzene rings is 1. The second-order valence-corrected chi connectivity index (χ2v) is 4.68. The van der Waals surface area contributed by atoms with Crippen LogP contribution in [-0.2, 0) is 0 Å². The van der Waals surface area contributed by atoms with E-state index in [0.29, 0.717) is 0 Å². The maximum absolute atomic E-state index is 13.7. The Kier molecular flexibility index (Phi) is 3.51. The average molecular weight is 254 g/mol. The van der Waals surface area contributed by atoms with Crippen LogP contribution >= 0.6 is 11.3 Å². The van der Waals surface area contributed by atoms with E-state index in [1.54, 1.807) is 0 Å². The van der Waals surface area contributed by atoms with Crippen LogP contribution in [0.15, 0.2) is 29.6 Å². The van der Waals surface area contributed by atoms with Crippen LogP contribution in [-0.4, -0.2) is 0 Å². The zero-order chi connectivity index (χ0) is 12.4. The molecule has 90 valence electrons. The first-order valence-corrected chi connectivity index (χ1v) is 5.96. The van der Waals surface area contributed by atoms with Gasteiger partial charge < -0.3 is 0 Å². The van der Waals surface area contributed by atoms with Crippen molar-refractivity contribution in [3.8, 4) is 0 Å². The van der Waals surface area contributed by atoms with E-state index in [1.807, 2.05) is 18.4 Å². The summed E-state index contributed by atoms with van der Waals surface area (Å²) in [7, 11) is 0. The average Bonchev–Trinajstić information content (AvgIpc) is 2.71. The van der Waals surface area contributed by atoms with Crippen molar-refractivity contribution in [3.63, 3.8) is 0 Å². The molecule has 3 N–H and O–H groups in total. The van der Waals surface area contributed by atoms with Crippen LogP contribution < -0.4 is 11.3 Å². The van der Waals surface area contributed by atoms with E-state index < -0.39 is 17.7 Å². The van der Waals surface area contributed by atoms with Crippen LogP contribution in [0, 0.1) is 18.6 Å². The number of rotatable bonds is 3. The molecule has 17 heavy (non-hydrogen) atoms. The van der Waals surface area contributed by atoms with Gasteiger partial charge in [-0.15, -0.1) is 11.3 Å². The minimum Gasteiger partial charge on any atom is -0.271 e. The van der Waals surface area contributed by atoms with Crippen molar-refractivity contribution in [2.75, 3.05) is 0 Å². The van der Waals surface area contributed by atoms with Gasteiger partial charge in [-0.3, -0.25) is 5.84 Å². The third-order valence-corrected chi connectivity index (χ3v) is 3.68. The van der Waals surface area contributed by atoms with E-state index in [1.165, 1.54) is 17.4 Å². The van der Waals surface area contributed by atoms with Gasteiger partial charge in [-0.25, -0.2) is 14.2 Å². The van der Waals surface area contributed by atoms with E-state index in [9.17, 15) is 8.78 Å². The molecule has 0 radical (unpaired) electrons. The number of hydrogen-bond acceptors (Lipinski definition) is 3. The predicted molar refractivity (Wildman–Crippen MR) is 64.6 cm³/mol. The highest BCUT2D eigenvalue weighted by Crippen LogP contribution is 2.30. The minimum atomic E-state index is -0.523. The van der Waals surface area contributed by atoms with Crippen molar-refractivity contribution in [2.24, 2.45) is 5.84 Å². The Balaban J connectivity index is 2.49. The molecule has 0 aliphatic carbocycles. The van der Waals surface area contributed by atoms with Crippen LogP contribution in [0.3, 0.4) is 0 Å². The molecule has 0 saturated carbocycles. The van der Waals surface area contributed by atoms with Gasteiger partial charge in [-0.1, -0.05) is 0 Å². The molecule has 1 atom stereocenters. The molecule has 0 amide bonds. The molecule has 0 bridgehead atoms. The minimum absolute atomic E-state index is 0.220. The van der Waals surface area contributed by atoms with E-state index in [-0.39, 0.29) is 5.56 Å². The Hall–Kier alpha value is -1.30. The quantitative estimate of drug-likeness (QED) is 0.653. The maximum Gasteiger partial charge on any atom is 0.128 e. The lowest BCUT2D eigenvalue weighted by Crippen LogP contribution is -2.29. The molecule has 1 aromatic heterocycles. The highest BCUT2D eigenvalue weighted by molar-refractivity contribution is 7.10. The first-order valence-electron chi connectivity index (χ1n) is 5.08. The maximum atomic E-state index is 13.7. The summed E-state index contributed by atoms with van der Waals surface area (Å²) in [4.78, 5) is 0.886. The molecule has 0 fully saturated rings. The second-order valence-electron chi connectivity index (χ2n) is 3.73. The standard InChI is InChI=1S/C12H12F2N2S/c1-7-4-5-17-12(7)11(16-15)9-6-8(13)2-3-10(9)14/h2-6,11,16H,15H2,1H3. The Morgan fingerprint density at radius 2 is 2.06 bits per heavy atom. The van der Waals surface area contributed by atoms with Gasteiger partial charge in [0, 0.05) is 10.4 Å². The topological polar surface area (TPSA) is 38.0 Å². The van der Waals surface area contributed by atoms with Crippen LogP contribution in [0.2, 0.25) is 0 Å². The fourth-order valence-electron chi connectivity index (χ4n) is 1.72. The van der Waals surface area contributed by atoms with Gasteiger partial charge in [0.2, 0.25) is 0 Å². The fraction of sp³-hybridized carbons (Fsp3) is 0.167. The molecule has 2 aromatic rings. The van der Waals surface area contributed by atoms with E-state index >= 15 is 0 Å². The zero-order valence-electron chi connectivity index (χ0n) is 9.21. The number of nitrogens with two attached hydrogens (primary N) is 1. The first kappa shape index (κ1) is 12.2. The summed E-state index contributed by atoms with van der Waals surface area (Å²) in [6, 6.07) is 4.76. The number of hydrogen-bond donors (Lipinski definition) is 2. The van der Waals surface area contributed by atoms with Crippen molar-refractivity contribution >= 4 is 11.3 Å². The third kappa shape index (κ3) is 2.36. The predicted octanol–water partition coefficient (Wildman–Crippen LogP) is 2.89. The molecular weight excluding hydrogens is 242 g/mol. The summed E-state index contributed by atoms with van der Waals surface area (Å²) >= 11 is 1.46. The summed E-state index contributed by atoms with van der Waals surface area (Å²) in [6.07, 6.45) is 0. The van der Waals surface area contributed by atoms with Gasteiger partial charge >= 0.3 is 0 Å². The molecule has 0 spiro atoms. The fourth-order valence-corrected chi connectivity index (χ4v) is 2.73. The Morgan fingerprint density at radius 3 is 2.65 bits per heavy atom. The summed E-state index contributed by atoms with van der Waals surface area (Å²) in [5, 5.41) is 1.90. The van der Waals surface area contributed by atoms with Gasteiger partial charge in [0.05, 0.1) is 6.04 Å². The first-order chi connectivity index (χ1) is 8.13. The largest absolute Gasteiger partial charge is 0.271 e. The lowest BCUT2D eigenvalue weighted by atomic mass is 10.0. The number of nitrogens with one attached hydrogen (secondary N) is 1. The Bertz CT molecular complexity index is 525. The van der Waals surface area contributed by atoms with E-state index in [0.717, 1.165) is 22.6 Å². The van der Waals surface area contributed by atoms with Crippen LogP contribution in [0.4, 0.5) is 8.78 Å². The van der Waals surface area contributed by atoms with Crippen molar-refractivity contribution in [1.29, 1.82) is 0 Å². The van der Waals surface area contributed by atoms with Crippen LogP contribution in [0.5, 0.6) is 0 Å². The normalized spacial score (nSPS) is 12.7. The van der Waals surface area contributed by atoms with Crippen molar-refractivity contribution < 1.29 is 8.78 Å². The van der Waals surface area contributed by atoms with Gasteiger partial charge in [-0.2, -0.15) is 0 Å². The molecule has 0 aliphatic heterocycles. The van der Waals surface area contributed by atoms with Gasteiger partial charge in [0.1, 0.15) is 11.6 Å². The summed E-state index contributed by atoms with van der Waals surface area (Å²) in [5.41, 5.74) is 3.76. The molecule has 5 heteroatoms. The third-order valence-electron chi connectivity index (χ3n) is 2.60. The van der Waals surface area contributed by atoms with Gasteiger partial charge in [-0.05, 0) is 42.1 Å². The van der Waals surface area contributed by atoms with Crippen molar-refractivity contribution in [3.05, 3.63) is 57.3 Å². The summed E-state index contributed by atoms with van der Waals surface area (Å²) < 4.78 is 26.8. The van der Waals surface area contributed by atoms with Gasteiger partial charge in [0.25, 0.3) is 0 Å². The van der Waals surface area contributed by atoms with Gasteiger partial charge in [0.15, 0.2) is 0 Å². The Morgan fingerprint density at radius 1 is 1.29 bits per heavy atom. The summed E-state index contributed by atoms with van der Waals surface area (Å²) in [6.45, 7) is 1.91. The number of hydrazine groups is 1. The SMILES string of the molecule is Cc1ccsc1C(NN)c1cc(F)ccc1F. The van der Waals surface area contributed by atoms with Crippen molar-refractivity contribution in [2.45, 2.75) is 13.0 Å². The highest BCUT2D eigenvalue weighted by atomic mass is 32.1. The molecule has 2 nitrogen and oxygen atoms in total.